The molecule has 1 unspecified atom stereocenters. The van der Waals surface area contributed by atoms with Crippen LogP contribution < -0.4 is 15.2 Å². The van der Waals surface area contributed by atoms with Gasteiger partial charge in [0.1, 0.15) is 13.2 Å². The molecule has 2 rings (SSSR count). The smallest absolute Gasteiger partial charge is 0.416 e. The fourth-order valence-electron chi connectivity index (χ4n) is 1.83. The van der Waals surface area contributed by atoms with E-state index in [1.807, 2.05) is 0 Å². The van der Waals surface area contributed by atoms with Crippen molar-refractivity contribution in [2.75, 3.05) is 19.8 Å². The van der Waals surface area contributed by atoms with E-state index < -0.39 is 17.8 Å². The highest BCUT2D eigenvalue weighted by Gasteiger charge is 2.38. The van der Waals surface area contributed by atoms with E-state index in [0.29, 0.717) is 0 Å². The maximum Gasteiger partial charge on any atom is 0.416 e. The van der Waals surface area contributed by atoms with Gasteiger partial charge in [0, 0.05) is 12.1 Å². The maximum atomic E-state index is 12.9. The van der Waals surface area contributed by atoms with Crippen molar-refractivity contribution in [3.05, 3.63) is 23.3 Å². The second-order valence-electron chi connectivity index (χ2n) is 3.80. The molecular weight excluding hydrogens is 251 g/mol. The maximum absolute atomic E-state index is 12.9. The second kappa shape index (κ2) is 4.66. The highest BCUT2D eigenvalue weighted by atomic mass is 19.4. The molecule has 1 aliphatic rings. The molecule has 0 spiro atoms. The van der Waals surface area contributed by atoms with E-state index in [9.17, 15) is 18.3 Å². The lowest BCUT2D eigenvalue weighted by molar-refractivity contribution is -0.139. The minimum absolute atomic E-state index is 0.0750. The molecule has 1 aliphatic heterocycles. The van der Waals surface area contributed by atoms with Crippen molar-refractivity contribution in [1.82, 2.24) is 0 Å². The van der Waals surface area contributed by atoms with Crippen molar-refractivity contribution in [1.29, 1.82) is 0 Å². The zero-order chi connectivity index (χ0) is 13.3. The number of nitrogens with two attached hydrogens (primary N) is 1. The monoisotopic (exact) mass is 263 g/mol. The van der Waals surface area contributed by atoms with Crippen molar-refractivity contribution in [2.45, 2.75) is 12.3 Å². The topological polar surface area (TPSA) is 64.7 Å². The van der Waals surface area contributed by atoms with E-state index in [1.165, 1.54) is 6.07 Å². The van der Waals surface area contributed by atoms with Crippen LogP contribution in [0, 0.1) is 0 Å². The van der Waals surface area contributed by atoms with Gasteiger partial charge < -0.3 is 20.3 Å². The van der Waals surface area contributed by atoms with Gasteiger partial charge >= 0.3 is 6.18 Å². The van der Waals surface area contributed by atoms with Crippen LogP contribution >= 0.6 is 0 Å². The molecular formula is C11H12F3NO3. The number of fused-ring (bicyclic) bond motifs is 1. The molecule has 1 aromatic rings. The summed E-state index contributed by atoms with van der Waals surface area (Å²) >= 11 is 0. The summed E-state index contributed by atoms with van der Waals surface area (Å²) in [5, 5.41) is 9.67. The van der Waals surface area contributed by atoms with Gasteiger partial charge in [-0.1, -0.05) is 0 Å². The zero-order valence-corrected chi connectivity index (χ0v) is 9.33. The summed E-state index contributed by atoms with van der Waals surface area (Å²) in [6, 6.07) is 2.05. The van der Waals surface area contributed by atoms with E-state index in [1.54, 1.807) is 0 Å². The Kier molecular flexibility index (Phi) is 3.36. The molecule has 0 bridgehead atoms. The summed E-state index contributed by atoms with van der Waals surface area (Å²) in [6.07, 6.45) is -6.03. The van der Waals surface area contributed by atoms with Gasteiger partial charge in [0.15, 0.2) is 11.5 Å². The largest absolute Gasteiger partial charge is 0.486 e. The summed E-state index contributed by atoms with van der Waals surface area (Å²) in [7, 11) is 0. The van der Waals surface area contributed by atoms with Crippen molar-refractivity contribution in [3.8, 4) is 11.5 Å². The number of aliphatic hydroxyl groups excluding tert-OH is 1. The number of hydrogen-bond donors (Lipinski definition) is 2. The van der Waals surface area contributed by atoms with Gasteiger partial charge in [-0.05, 0) is 12.1 Å². The lowest BCUT2D eigenvalue weighted by atomic mass is 9.99. The minimum atomic E-state index is -4.58. The van der Waals surface area contributed by atoms with Gasteiger partial charge in [0.05, 0.1) is 11.7 Å². The normalized spacial score (nSPS) is 16.5. The molecule has 0 amide bonds. The Bertz CT molecular complexity index is 448. The van der Waals surface area contributed by atoms with Crippen LogP contribution in [0.4, 0.5) is 13.2 Å². The van der Waals surface area contributed by atoms with E-state index in [-0.39, 0.29) is 36.8 Å². The average molecular weight is 263 g/mol. The van der Waals surface area contributed by atoms with Crippen LogP contribution in [-0.2, 0) is 6.18 Å². The lowest BCUT2D eigenvalue weighted by Gasteiger charge is -2.25. The van der Waals surface area contributed by atoms with E-state index in [2.05, 4.69) is 0 Å². The predicted molar refractivity (Wildman–Crippen MR) is 56.4 cm³/mol. The van der Waals surface area contributed by atoms with Crippen LogP contribution in [0.2, 0.25) is 0 Å². The summed E-state index contributed by atoms with van der Waals surface area (Å²) in [4.78, 5) is 0. The van der Waals surface area contributed by atoms with Gasteiger partial charge in [-0.25, -0.2) is 0 Å². The van der Waals surface area contributed by atoms with Crippen LogP contribution in [-0.4, -0.2) is 24.9 Å². The van der Waals surface area contributed by atoms with Crippen LogP contribution in [0.1, 0.15) is 17.2 Å². The summed E-state index contributed by atoms with van der Waals surface area (Å²) in [5.41, 5.74) is 3.92. The van der Waals surface area contributed by atoms with Gasteiger partial charge in [-0.15, -0.1) is 0 Å². The van der Waals surface area contributed by atoms with Crippen molar-refractivity contribution in [2.24, 2.45) is 5.73 Å². The molecule has 0 saturated carbocycles. The zero-order valence-electron chi connectivity index (χ0n) is 9.33. The number of aliphatic hydroxyl groups is 1. The highest BCUT2D eigenvalue weighted by molar-refractivity contribution is 5.53. The summed E-state index contributed by atoms with van der Waals surface area (Å²) in [5.74, 6) is 0.116. The molecule has 1 heterocycles. The quantitative estimate of drug-likeness (QED) is 0.848. The Morgan fingerprint density at radius 3 is 2.56 bits per heavy atom. The number of ether oxygens (including phenoxy) is 2. The van der Waals surface area contributed by atoms with Gasteiger partial charge in [0.25, 0.3) is 0 Å². The van der Waals surface area contributed by atoms with Crippen LogP contribution in [0.25, 0.3) is 0 Å². The van der Waals surface area contributed by atoms with Crippen LogP contribution in [0.3, 0.4) is 0 Å². The molecule has 0 aliphatic carbocycles. The Labute approximate surface area is 101 Å². The lowest BCUT2D eigenvalue weighted by Crippen LogP contribution is -2.23. The Balaban J connectivity index is 2.61. The molecule has 18 heavy (non-hydrogen) atoms. The number of alkyl halides is 3. The highest BCUT2D eigenvalue weighted by Crippen LogP contribution is 2.44. The standard InChI is InChI=1S/C11H12F3NO3/c12-11(13,14)6-1-2-8-10(18-4-3-17-8)9(6)7(16)5-15/h1-2,7,16H,3-5,15H2. The van der Waals surface area contributed by atoms with E-state index >= 15 is 0 Å². The Morgan fingerprint density at radius 2 is 1.94 bits per heavy atom. The molecule has 0 saturated heterocycles. The molecule has 0 radical (unpaired) electrons. The van der Waals surface area contributed by atoms with Crippen molar-refractivity contribution in [3.63, 3.8) is 0 Å². The third-order valence-electron chi connectivity index (χ3n) is 2.61. The molecule has 1 aromatic carbocycles. The molecule has 0 fully saturated rings. The molecule has 7 heteroatoms. The number of hydrogen-bond acceptors (Lipinski definition) is 4. The molecule has 1 atom stereocenters. The van der Waals surface area contributed by atoms with Gasteiger partial charge in [-0.2, -0.15) is 13.2 Å². The Morgan fingerprint density at radius 1 is 1.28 bits per heavy atom. The predicted octanol–water partition coefficient (Wildman–Crippen LogP) is 1.47. The third kappa shape index (κ3) is 2.23. The van der Waals surface area contributed by atoms with Crippen LogP contribution in [0.5, 0.6) is 11.5 Å². The average Bonchev–Trinajstić information content (AvgIpc) is 2.35. The van der Waals surface area contributed by atoms with Gasteiger partial charge in [-0.3, -0.25) is 0 Å². The van der Waals surface area contributed by atoms with Gasteiger partial charge in [0.2, 0.25) is 0 Å². The first-order valence-electron chi connectivity index (χ1n) is 5.33. The first-order chi connectivity index (χ1) is 8.45. The fourth-order valence-corrected chi connectivity index (χ4v) is 1.83. The number of benzene rings is 1. The number of halogens is 3. The first-order valence-corrected chi connectivity index (χ1v) is 5.33. The second-order valence-corrected chi connectivity index (χ2v) is 3.80. The molecule has 100 valence electrons. The Hall–Kier alpha value is -1.47. The first kappa shape index (κ1) is 13.0. The van der Waals surface area contributed by atoms with E-state index in [0.717, 1.165) is 6.07 Å². The van der Waals surface area contributed by atoms with E-state index in [4.69, 9.17) is 15.2 Å². The molecule has 0 aromatic heterocycles. The summed E-state index contributed by atoms with van der Waals surface area (Å²) < 4.78 is 49.0. The SMILES string of the molecule is NCC(O)c1c(C(F)(F)F)ccc2c1OCCO2. The summed E-state index contributed by atoms with van der Waals surface area (Å²) in [6.45, 7) is 0.0675. The fraction of sp³-hybridized carbons (Fsp3) is 0.455. The molecule has 4 nitrogen and oxygen atoms in total. The third-order valence-corrected chi connectivity index (χ3v) is 2.61. The van der Waals surface area contributed by atoms with Crippen LogP contribution in [0.15, 0.2) is 12.1 Å². The van der Waals surface area contributed by atoms with Crippen molar-refractivity contribution >= 4 is 0 Å². The molecule has 3 N–H and O–H groups in total. The number of rotatable bonds is 2. The minimum Gasteiger partial charge on any atom is -0.486 e. The van der Waals surface area contributed by atoms with Crippen molar-refractivity contribution < 1.29 is 27.8 Å².